The van der Waals surface area contributed by atoms with E-state index in [1.165, 1.54) is 36.1 Å². The van der Waals surface area contributed by atoms with Crippen molar-refractivity contribution in [3.05, 3.63) is 16.1 Å². The Morgan fingerprint density at radius 1 is 1.25 bits per heavy atom. The van der Waals surface area contributed by atoms with E-state index in [1.807, 2.05) is 31.4 Å². The highest BCUT2D eigenvalue weighted by atomic mass is 32.1. The van der Waals surface area contributed by atoms with E-state index >= 15 is 0 Å². The Kier molecular flexibility index (Phi) is 5.95. The highest BCUT2D eigenvalue weighted by Crippen LogP contribution is 2.14. The predicted molar refractivity (Wildman–Crippen MR) is 71.0 cm³/mol. The van der Waals surface area contributed by atoms with E-state index in [4.69, 9.17) is 0 Å². The Bertz CT molecular complexity index is 290. The lowest BCUT2D eigenvalue weighted by molar-refractivity contribution is 0.149. The zero-order valence-electron chi connectivity index (χ0n) is 10.9. The normalized spacial score (nSPS) is 18.0. The zero-order chi connectivity index (χ0) is 12.0. The number of hydrogen-bond donors (Lipinski definition) is 0. The number of thiazole rings is 1. The van der Waals surface area contributed by atoms with Gasteiger partial charge in [-0.1, -0.05) is 13.8 Å². The van der Waals surface area contributed by atoms with E-state index in [-0.39, 0.29) is 0 Å². The van der Waals surface area contributed by atoms with Crippen molar-refractivity contribution in [3.8, 4) is 0 Å². The van der Waals surface area contributed by atoms with Crippen LogP contribution in [0.4, 0.5) is 0 Å². The lowest BCUT2D eigenvalue weighted by atomic mass is 10.3. The van der Waals surface area contributed by atoms with Crippen molar-refractivity contribution in [1.29, 1.82) is 0 Å². The summed E-state index contributed by atoms with van der Waals surface area (Å²) in [6, 6.07) is 0. The van der Waals surface area contributed by atoms with Gasteiger partial charge in [0.25, 0.3) is 0 Å². The van der Waals surface area contributed by atoms with E-state index < -0.39 is 0 Å². The van der Waals surface area contributed by atoms with E-state index in [2.05, 4.69) is 28.8 Å². The first kappa shape index (κ1) is 13.6. The molecule has 0 N–H and O–H groups in total. The quantitative estimate of drug-likeness (QED) is 0.791. The van der Waals surface area contributed by atoms with Gasteiger partial charge in [0, 0.05) is 43.8 Å². The Hall–Kier alpha value is -0.450. The van der Waals surface area contributed by atoms with Gasteiger partial charge in [0.2, 0.25) is 0 Å². The molecule has 0 spiro atoms. The monoisotopic (exact) mass is 241 g/mol. The standard InChI is InChI=1S/C10H17N3S.C2H6/c1-9-11-7-10(14-9)8-13-5-3-12(2)4-6-13;1-2/h7H,3-6,8H2,1-2H3;1-2H3. The molecule has 4 heteroatoms. The molecule has 1 saturated heterocycles. The molecule has 1 aliphatic heterocycles. The molecule has 0 atom stereocenters. The number of likely N-dealkylation sites (N-methyl/N-ethyl adjacent to an activating group) is 1. The van der Waals surface area contributed by atoms with Gasteiger partial charge in [-0.05, 0) is 14.0 Å². The number of hydrogen-bond acceptors (Lipinski definition) is 4. The van der Waals surface area contributed by atoms with Crippen LogP contribution in [-0.4, -0.2) is 48.0 Å². The Morgan fingerprint density at radius 2 is 1.88 bits per heavy atom. The molecular formula is C12H23N3S. The SMILES string of the molecule is CC.Cc1ncc(CN2CCN(C)CC2)s1. The van der Waals surface area contributed by atoms with Crippen molar-refractivity contribution in [2.45, 2.75) is 27.3 Å². The number of piperazine rings is 1. The van der Waals surface area contributed by atoms with Gasteiger partial charge in [-0.15, -0.1) is 11.3 Å². The average molecular weight is 241 g/mol. The highest BCUT2D eigenvalue weighted by Gasteiger charge is 2.14. The molecule has 0 aliphatic carbocycles. The number of aromatic nitrogens is 1. The first-order chi connectivity index (χ1) is 7.74. The Labute approximate surface area is 103 Å². The molecule has 1 fully saturated rings. The summed E-state index contributed by atoms with van der Waals surface area (Å²) < 4.78 is 0. The second kappa shape index (κ2) is 6.99. The fraction of sp³-hybridized carbons (Fsp3) is 0.750. The number of nitrogens with zero attached hydrogens (tertiary/aromatic N) is 3. The van der Waals surface area contributed by atoms with Crippen LogP contribution in [0, 0.1) is 6.92 Å². The lowest BCUT2D eigenvalue weighted by Gasteiger charge is -2.31. The fourth-order valence-electron chi connectivity index (χ4n) is 1.70. The topological polar surface area (TPSA) is 19.4 Å². The summed E-state index contributed by atoms with van der Waals surface area (Å²) in [7, 11) is 2.19. The molecule has 0 bridgehead atoms. The molecule has 92 valence electrons. The molecule has 1 aromatic rings. The molecular weight excluding hydrogens is 218 g/mol. The maximum absolute atomic E-state index is 4.28. The summed E-state index contributed by atoms with van der Waals surface area (Å²) in [5.74, 6) is 0. The summed E-state index contributed by atoms with van der Waals surface area (Å²) in [5, 5.41) is 1.18. The second-order valence-electron chi connectivity index (χ2n) is 3.93. The predicted octanol–water partition coefficient (Wildman–Crippen LogP) is 2.23. The smallest absolute Gasteiger partial charge is 0.0897 e. The minimum Gasteiger partial charge on any atom is -0.304 e. The van der Waals surface area contributed by atoms with Crippen molar-refractivity contribution >= 4 is 11.3 Å². The molecule has 0 unspecified atom stereocenters. The number of aryl methyl sites for hydroxylation is 1. The lowest BCUT2D eigenvalue weighted by Crippen LogP contribution is -2.43. The van der Waals surface area contributed by atoms with Gasteiger partial charge in [0.1, 0.15) is 0 Å². The van der Waals surface area contributed by atoms with E-state index in [0.29, 0.717) is 0 Å². The van der Waals surface area contributed by atoms with Crippen LogP contribution >= 0.6 is 11.3 Å². The average Bonchev–Trinajstić information content (AvgIpc) is 2.70. The van der Waals surface area contributed by atoms with Crippen molar-refractivity contribution < 1.29 is 0 Å². The van der Waals surface area contributed by atoms with Gasteiger partial charge in [-0.25, -0.2) is 4.98 Å². The van der Waals surface area contributed by atoms with Gasteiger partial charge >= 0.3 is 0 Å². The van der Waals surface area contributed by atoms with Crippen LogP contribution in [0.1, 0.15) is 23.7 Å². The summed E-state index contributed by atoms with van der Waals surface area (Å²) in [5.41, 5.74) is 0. The zero-order valence-corrected chi connectivity index (χ0v) is 11.7. The molecule has 2 heterocycles. The van der Waals surface area contributed by atoms with Crippen molar-refractivity contribution in [3.63, 3.8) is 0 Å². The Morgan fingerprint density at radius 3 is 2.38 bits per heavy atom. The van der Waals surface area contributed by atoms with Crippen LogP contribution in [0.2, 0.25) is 0 Å². The summed E-state index contributed by atoms with van der Waals surface area (Å²) in [6.45, 7) is 11.9. The molecule has 0 aromatic carbocycles. The molecule has 1 aliphatic rings. The van der Waals surface area contributed by atoms with Crippen molar-refractivity contribution in [1.82, 2.24) is 14.8 Å². The first-order valence-corrected chi connectivity index (χ1v) is 6.88. The molecule has 3 nitrogen and oxygen atoms in total. The third-order valence-corrected chi connectivity index (χ3v) is 3.54. The molecule has 16 heavy (non-hydrogen) atoms. The largest absolute Gasteiger partial charge is 0.304 e. The fourth-order valence-corrected chi connectivity index (χ4v) is 2.54. The van der Waals surface area contributed by atoms with Gasteiger partial charge in [0.05, 0.1) is 5.01 Å². The second-order valence-corrected chi connectivity index (χ2v) is 5.24. The Balaban J connectivity index is 0.000000606. The van der Waals surface area contributed by atoms with Crippen LogP contribution in [0.15, 0.2) is 6.20 Å². The van der Waals surface area contributed by atoms with Gasteiger partial charge in [-0.3, -0.25) is 4.90 Å². The maximum Gasteiger partial charge on any atom is 0.0897 e. The van der Waals surface area contributed by atoms with Gasteiger partial charge in [0.15, 0.2) is 0 Å². The van der Waals surface area contributed by atoms with E-state index in [9.17, 15) is 0 Å². The van der Waals surface area contributed by atoms with E-state index in [1.54, 1.807) is 0 Å². The first-order valence-electron chi connectivity index (χ1n) is 6.06. The van der Waals surface area contributed by atoms with Crippen molar-refractivity contribution in [2.75, 3.05) is 33.2 Å². The maximum atomic E-state index is 4.28. The van der Waals surface area contributed by atoms with Crippen LogP contribution in [0.5, 0.6) is 0 Å². The van der Waals surface area contributed by atoms with E-state index in [0.717, 1.165) is 6.54 Å². The van der Waals surface area contributed by atoms with Gasteiger partial charge < -0.3 is 4.90 Å². The molecule has 0 saturated carbocycles. The third kappa shape index (κ3) is 4.20. The molecule has 2 rings (SSSR count). The molecule has 1 aromatic heterocycles. The van der Waals surface area contributed by atoms with Crippen LogP contribution < -0.4 is 0 Å². The summed E-state index contributed by atoms with van der Waals surface area (Å²) in [6.07, 6.45) is 2.01. The third-order valence-electron chi connectivity index (χ3n) is 2.64. The van der Waals surface area contributed by atoms with Crippen LogP contribution in [-0.2, 0) is 6.54 Å². The van der Waals surface area contributed by atoms with Crippen LogP contribution in [0.25, 0.3) is 0 Å². The van der Waals surface area contributed by atoms with Crippen molar-refractivity contribution in [2.24, 2.45) is 0 Å². The van der Waals surface area contributed by atoms with Gasteiger partial charge in [-0.2, -0.15) is 0 Å². The minimum atomic E-state index is 1.08. The molecule has 0 amide bonds. The summed E-state index contributed by atoms with van der Waals surface area (Å²) in [4.78, 5) is 10.6. The van der Waals surface area contributed by atoms with Crippen LogP contribution in [0.3, 0.4) is 0 Å². The minimum absolute atomic E-state index is 1.08. The summed E-state index contributed by atoms with van der Waals surface area (Å²) >= 11 is 1.82. The molecule has 0 radical (unpaired) electrons. The number of rotatable bonds is 2. The highest BCUT2D eigenvalue weighted by molar-refractivity contribution is 7.11.